The Morgan fingerprint density at radius 3 is 2.58 bits per heavy atom. The zero-order valence-corrected chi connectivity index (χ0v) is 18.5. The summed E-state index contributed by atoms with van der Waals surface area (Å²) in [7, 11) is 0. The van der Waals surface area contributed by atoms with Crippen molar-refractivity contribution in [2.45, 2.75) is 58.1 Å². The Bertz CT molecular complexity index is 1010. The van der Waals surface area contributed by atoms with Crippen LogP contribution in [0.25, 0.3) is 0 Å². The van der Waals surface area contributed by atoms with E-state index in [0.29, 0.717) is 5.88 Å². The van der Waals surface area contributed by atoms with Crippen LogP contribution in [0.2, 0.25) is 0 Å². The Hall–Kier alpha value is -2.84. The van der Waals surface area contributed by atoms with Gasteiger partial charge in [-0.2, -0.15) is 0 Å². The predicted octanol–water partition coefficient (Wildman–Crippen LogP) is 4.23. The normalized spacial score (nSPS) is 17.5. The number of carbonyl (C=O) groups is 1. The summed E-state index contributed by atoms with van der Waals surface area (Å²) in [6.07, 6.45) is 4.47. The summed E-state index contributed by atoms with van der Waals surface area (Å²) in [5.41, 5.74) is 4.91. The molecule has 1 aromatic carbocycles. The van der Waals surface area contributed by atoms with Crippen molar-refractivity contribution in [3.8, 4) is 17.7 Å². The largest absolute Gasteiger partial charge is 0.481 e. The van der Waals surface area contributed by atoms with Crippen molar-refractivity contribution in [3.05, 3.63) is 58.8 Å². The van der Waals surface area contributed by atoms with E-state index < -0.39 is 5.97 Å². The summed E-state index contributed by atoms with van der Waals surface area (Å²) >= 11 is 0. The van der Waals surface area contributed by atoms with Crippen LogP contribution in [0, 0.1) is 17.8 Å². The highest BCUT2D eigenvalue weighted by atomic mass is 16.5. The molecule has 1 atom stereocenters. The fraction of sp³-hybridized carbons (Fsp3) is 0.462. The number of pyridine rings is 1. The van der Waals surface area contributed by atoms with Crippen LogP contribution in [0.3, 0.4) is 0 Å². The maximum absolute atomic E-state index is 11.0. The second-order valence-corrected chi connectivity index (χ2v) is 9.33. The molecule has 2 heterocycles. The lowest BCUT2D eigenvalue weighted by atomic mass is 9.85. The highest BCUT2D eigenvalue weighted by molar-refractivity contribution is 5.67. The first kappa shape index (κ1) is 21.4. The molecule has 0 saturated heterocycles. The first-order chi connectivity index (χ1) is 14.8. The van der Waals surface area contributed by atoms with Crippen molar-refractivity contribution in [3.63, 3.8) is 0 Å². The van der Waals surface area contributed by atoms with Gasteiger partial charge < -0.3 is 9.84 Å². The predicted molar refractivity (Wildman–Crippen MR) is 120 cm³/mol. The number of nitrogens with zero attached hydrogens (tertiary/aromatic N) is 2. The van der Waals surface area contributed by atoms with Crippen molar-refractivity contribution in [1.29, 1.82) is 0 Å². The van der Waals surface area contributed by atoms with Gasteiger partial charge in [-0.1, -0.05) is 24.8 Å². The minimum Gasteiger partial charge on any atom is -0.481 e. The molecule has 1 N–H and O–H groups in total. The number of rotatable bonds is 6. The Morgan fingerprint density at radius 2 is 1.94 bits per heavy atom. The summed E-state index contributed by atoms with van der Waals surface area (Å²) < 4.78 is 5.58. The van der Waals surface area contributed by atoms with Gasteiger partial charge in [-0.15, -0.1) is 0 Å². The van der Waals surface area contributed by atoms with E-state index in [2.05, 4.69) is 39.9 Å². The fourth-order valence-electron chi connectivity index (χ4n) is 4.52. The molecular formula is C26H30N2O3. The molecule has 0 amide bonds. The molecule has 1 spiro atoms. The van der Waals surface area contributed by atoms with Crippen molar-refractivity contribution in [2.24, 2.45) is 5.92 Å². The molecule has 1 aliphatic carbocycles. The van der Waals surface area contributed by atoms with Gasteiger partial charge >= 0.3 is 5.97 Å². The van der Waals surface area contributed by atoms with Gasteiger partial charge in [0.2, 0.25) is 5.88 Å². The molecule has 1 unspecified atom stereocenters. The minimum absolute atomic E-state index is 0.103. The molecule has 1 aromatic heterocycles. The summed E-state index contributed by atoms with van der Waals surface area (Å²) in [5, 5.41) is 9.06. The van der Waals surface area contributed by atoms with Crippen LogP contribution in [0.5, 0.6) is 5.88 Å². The average molecular weight is 419 g/mol. The quantitative estimate of drug-likeness (QED) is 0.712. The van der Waals surface area contributed by atoms with Crippen LogP contribution in [-0.4, -0.2) is 40.2 Å². The lowest BCUT2D eigenvalue weighted by molar-refractivity contribution is -0.138. The number of aliphatic carboxylic acids is 1. The number of hydrogen-bond acceptors (Lipinski definition) is 4. The van der Waals surface area contributed by atoms with Crippen LogP contribution < -0.4 is 4.74 Å². The highest BCUT2D eigenvalue weighted by Gasteiger charge is 2.49. The van der Waals surface area contributed by atoms with Gasteiger partial charge in [-0.3, -0.25) is 9.69 Å². The van der Waals surface area contributed by atoms with E-state index in [-0.39, 0.29) is 23.9 Å². The molecule has 2 aromatic rings. The van der Waals surface area contributed by atoms with Gasteiger partial charge in [0, 0.05) is 54.9 Å². The van der Waals surface area contributed by atoms with Gasteiger partial charge in [-0.25, -0.2) is 4.98 Å². The first-order valence-corrected chi connectivity index (χ1v) is 11.1. The molecule has 5 heteroatoms. The fourth-order valence-corrected chi connectivity index (χ4v) is 4.52. The minimum atomic E-state index is -0.716. The zero-order valence-electron chi connectivity index (χ0n) is 18.5. The third kappa shape index (κ3) is 5.26. The Labute approximate surface area is 184 Å². The number of carboxylic acids is 1. The van der Waals surface area contributed by atoms with E-state index in [1.807, 2.05) is 32.9 Å². The van der Waals surface area contributed by atoms with Crippen molar-refractivity contribution in [2.75, 3.05) is 13.1 Å². The maximum atomic E-state index is 11.0. The third-order valence-corrected chi connectivity index (χ3v) is 5.99. The van der Waals surface area contributed by atoms with Crippen LogP contribution in [-0.2, 0) is 16.8 Å². The number of fused-ring (bicyclic) bond motifs is 2. The van der Waals surface area contributed by atoms with Crippen molar-refractivity contribution in [1.82, 2.24) is 9.88 Å². The van der Waals surface area contributed by atoms with E-state index in [0.717, 1.165) is 30.8 Å². The average Bonchev–Trinajstić information content (AvgIpc) is 3.46. The molecule has 4 rings (SSSR count). The van der Waals surface area contributed by atoms with Gasteiger partial charge in [0.15, 0.2) is 0 Å². The van der Waals surface area contributed by atoms with Gasteiger partial charge in [0.25, 0.3) is 0 Å². The van der Waals surface area contributed by atoms with E-state index >= 15 is 0 Å². The molecular weight excluding hydrogens is 388 g/mol. The third-order valence-electron chi connectivity index (χ3n) is 5.99. The van der Waals surface area contributed by atoms with Crippen LogP contribution >= 0.6 is 0 Å². The molecule has 162 valence electrons. The van der Waals surface area contributed by atoms with E-state index in [9.17, 15) is 4.79 Å². The van der Waals surface area contributed by atoms with Gasteiger partial charge in [-0.05, 0) is 61.9 Å². The molecule has 0 bridgehead atoms. The van der Waals surface area contributed by atoms with E-state index in [4.69, 9.17) is 9.84 Å². The maximum Gasteiger partial charge on any atom is 0.303 e. The first-order valence-electron chi connectivity index (χ1n) is 11.1. The molecule has 1 aliphatic heterocycles. The number of ether oxygens (including phenoxy) is 1. The molecule has 2 aliphatic rings. The lowest BCUT2D eigenvalue weighted by Crippen LogP contribution is -2.40. The molecule has 1 saturated carbocycles. The summed E-state index contributed by atoms with van der Waals surface area (Å²) in [6, 6.07) is 10.3. The standard InChI is InChI=1S/C26H30N2O3/c1-18(2)31-24-9-7-21(14-27-24)5-4-20-6-8-22-16-28(15-19(3)12-25(29)30)17-26(10-11-26)23(22)13-20/h6-9,13-14,18-19H,10-12,15-17H2,1-3H3,(H,29,30). The lowest BCUT2D eigenvalue weighted by Gasteiger charge is -2.36. The number of aromatic nitrogens is 1. The number of hydrogen-bond donors (Lipinski definition) is 1. The van der Waals surface area contributed by atoms with Crippen LogP contribution in [0.1, 0.15) is 62.3 Å². The van der Waals surface area contributed by atoms with Crippen molar-refractivity contribution < 1.29 is 14.6 Å². The summed E-state index contributed by atoms with van der Waals surface area (Å²) in [5.74, 6) is 6.57. The SMILES string of the molecule is CC(CC(=O)O)CN1Cc2ccc(C#Cc3ccc(OC(C)C)nc3)cc2C2(CC2)C1. The second kappa shape index (κ2) is 8.72. The Balaban J connectivity index is 1.47. The number of benzene rings is 1. The zero-order chi connectivity index (χ0) is 22.0. The highest BCUT2D eigenvalue weighted by Crippen LogP contribution is 2.52. The Morgan fingerprint density at radius 1 is 1.19 bits per heavy atom. The molecule has 1 fully saturated rings. The summed E-state index contributed by atoms with van der Waals surface area (Å²) in [6.45, 7) is 8.72. The van der Waals surface area contributed by atoms with Gasteiger partial charge in [0.1, 0.15) is 0 Å². The molecule has 31 heavy (non-hydrogen) atoms. The second-order valence-electron chi connectivity index (χ2n) is 9.33. The smallest absolute Gasteiger partial charge is 0.303 e. The molecule has 0 radical (unpaired) electrons. The van der Waals surface area contributed by atoms with Crippen molar-refractivity contribution >= 4 is 5.97 Å². The molecule has 5 nitrogen and oxygen atoms in total. The van der Waals surface area contributed by atoms with Gasteiger partial charge in [0.05, 0.1) is 6.10 Å². The summed E-state index contributed by atoms with van der Waals surface area (Å²) in [4.78, 5) is 17.8. The number of carboxylic acid groups (broad SMARTS) is 1. The van der Waals surface area contributed by atoms with E-state index in [1.165, 1.54) is 24.0 Å². The van der Waals surface area contributed by atoms with E-state index in [1.54, 1.807) is 6.20 Å². The van der Waals surface area contributed by atoms with Crippen LogP contribution in [0.4, 0.5) is 0 Å². The van der Waals surface area contributed by atoms with Crippen LogP contribution in [0.15, 0.2) is 36.5 Å². The monoisotopic (exact) mass is 418 g/mol. The topological polar surface area (TPSA) is 62.7 Å². The Kier molecular flexibility index (Phi) is 6.02.